The molecule has 0 nitrogen and oxygen atoms in total. The molecule has 0 atom stereocenters. The molecular formula is C23H20S. The molecule has 0 heterocycles. The van der Waals surface area contributed by atoms with Gasteiger partial charge in [-0.15, -0.1) is 0 Å². The Morgan fingerprint density at radius 3 is 1.04 bits per heavy atom. The van der Waals surface area contributed by atoms with Crippen molar-refractivity contribution in [3.8, 4) is 0 Å². The molecule has 0 saturated heterocycles. The van der Waals surface area contributed by atoms with E-state index in [0.717, 1.165) is 0 Å². The van der Waals surface area contributed by atoms with Crippen molar-refractivity contribution >= 4 is 23.4 Å². The number of hydrogen-bond acceptors (Lipinski definition) is 1. The van der Waals surface area contributed by atoms with Crippen LogP contribution in [0.3, 0.4) is 0 Å². The highest BCUT2D eigenvalue weighted by Crippen LogP contribution is 2.27. The largest absolute Gasteiger partial charge is 0.166 e. The van der Waals surface area contributed by atoms with E-state index < -0.39 is 0 Å². The van der Waals surface area contributed by atoms with Gasteiger partial charge >= 0.3 is 0 Å². The van der Waals surface area contributed by atoms with Crippen molar-refractivity contribution < 1.29 is 0 Å². The maximum atomic E-state index is 4.61. The van der Waals surface area contributed by atoms with Crippen LogP contribution in [0.2, 0.25) is 0 Å². The average molecular weight is 328 g/mol. The summed E-state index contributed by atoms with van der Waals surface area (Å²) < 4.78 is 0. The number of hydrogen-bond donors (Lipinski definition) is 1. The van der Waals surface area contributed by atoms with E-state index in [1.807, 2.05) is 36.4 Å². The van der Waals surface area contributed by atoms with Crippen molar-refractivity contribution in [2.75, 3.05) is 0 Å². The molecule has 1 heteroatoms. The molecule has 0 aliphatic heterocycles. The molecule has 0 aromatic heterocycles. The highest BCUT2D eigenvalue weighted by molar-refractivity contribution is 7.80. The summed E-state index contributed by atoms with van der Waals surface area (Å²) in [5.74, 6) is 0. The smallest absolute Gasteiger partial charge is 0.0516 e. The van der Waals surface area contributed by atoms with E-state index in [2.05, 4.69) is 85.4 Å². The quantitative estimate of drug-likeness (QED) is 0.396. The van der Waals surface area contributed by atoms with Crippen molar-refractivity contribution in [1.82, 2.24) is 0 Å². The molecule has 0 bridgehead atoms. The van der Waals surface area contributed by atoms with E-state index in [-0.39, 0.29) is 5.25 Å². The normalized spacial score (nSPS) is 10.2. The van der Waals surface area contributed by atoms with Crippen molar-refractivity contribution in [2.24, 2.45) is 0 Å². The van der Waals surface area contributed by atoms with E-state index >= 15 is 0 Å². The first kappa shape index (κ1) is 16.4. The molecular weight excluding hydrogens is 308 g/mol. The van der Waals surface area contributed by atoms with Crippen molar-refractivity contribution in [3.63, 3.8) is 0 Å². The van der Waals surface area contributed by atoms with Gasteiger partial charge in [-0.2, -0.15) is 12.6 Å². The lowest BCUT2D eigenvalue weighted by molar-refractivity contribution is 1.17. The maximum Gasteiger partial charge on any atom is 0.0516 e. The summed E-state index contributed by atoms with van der Waals surface area (Å²) in [4.78, 5) is 0. The van der Waals surface area contributed by atoms with Crippen LogP contribution in [0.4, 0.5) is 0 Å². The van der Waals surface area contributed by atoms with Crippen LogP contribution in [0.25, 0.3) is 10.8 Å². The van der Waals surface area contributed by atoms with Crippen LogP contribution in [-0.2, 0) is 0 Å². The lowest BCUT2D eigenvalue weighted by atomic mass is 10.0. The van der Waals surface area contributed by atoms with E-state index in [1.54, 1.807) is 0 Å². The van der Waals surface area contributed by atoms with Gasteiger partial charge in [0.25, 0.3) is 0 Å². The lowest BCUT2D eigenvalue weighted by Crippen LogP contribution is -1.91. The summed E-state index contributed by atoms with van der Waals surface area (Å²) in [7, 11) is 0. The van der Waals surface area contributed by atoms with Gasteiger partial charge in [0.05, 0.1) is 5.25 Å². The Balaban J connectivity index is 0.000000149. The van der Waals surface area contributed by atoms with Crippen molar-refractivity contribution in [3.05, 3.63) is 120 Å². The molecule has 0 spiro atoms. The molecule has 4 aromatic carbocycles. The Bertz CT molecular complexity index is 765. The zero-order valence-electron chi connectivity index (χ0n) is 13.4. The van der Waals surface area contributed by atoms with Crippen LogP contribution >= 0.6 is 12.6 Å². The van der Waals surface area contributed by atoms with Gasteiger partial charge in [0.1, 0.15) is 0 Å². The van der Waals surface area contributed by atoms with Gasteiger partial charge in [-0.05, 0) is 21.9 Å². The fraction of sp³-hybridized carbons (Fsp3) is 0.0435. The molecule has 0 saturated carbocycles. The summed E-state index contributed by atoms with van der Waals surface area (Å²) in [5, 5.41) is 2.80. The maximum absolute atomic E-state index is 4.61. The molecule has 4 aromatic rings. The predicted molar refractivity (Wildman–Crippen MR) is 108 cm³/mol. The van der Waals surface area contributed by atoms with Gasteiger partial charge in [0.2, 0.25) is 0 Å². The minimum absolute atomic E-state index is 0.178. The van der Waals surface area contributed by atoms with Gasteiger partial charge in [-0.1, -0.05) is 109 Å². The fourth-order valence-electron chi connectivity index (χ4n) is 2.60. The second-order valence-corrected chi connectivity index (χ2v) is 6.09. The number of benzene rings is 4. The zero-order chi connectivity index (χ0) is 16.6. The monoisotopic (exact) mass is 328 g/mol. The van der Waals surface area contributed by atoms with Gasteiger partial charge < -0.3 is 0 Å². The first-order valence-corrected chi connectivity index (χ1v) is 8.58. The Labute approximate surface area is 149 Å². The Kier molecular flexibility index (Phi) is 5.70. The molecule has 0 N–H and O–H groups in total. The summed E-state index contributed by atoms with van der Waals surface area (Å²) >= 11 is 4.61. The molecule has 0 radical (unpaired) electrons. The van der Waals surface area contributed by atoms with E-state index in [1.165, 1.54) is 21.9 Å². The summed E-state index contributed by atoms with van der Waals surface area (Å²) in [6.07, 6.45) is 0. The first-order chi connectivity index (χ1) is 11.8. The Hall–Kier alpha value is -2.51. The van der Waals surface area contributed by atoms with Crippen LogP contribution in [0.1, 0.15) is 16.4 Å². The molecule has 0 aliphatic carbocycles. The average Bonchev–Trinajstić information content (AvgIpc) is 2.69. The van der Waals surface area contributed by atoms with Crippen LogP contribution in [0.5, 0.6) is 0 Å². The highest BCUT2D eigenvalue weighted by atomic mass is 32.1. The van der Waals surface area contributed by atoms with E-state index in [9.17, 15) is 0 Å². The third-order valence-electron chi connectivity index (χ3n) is 3.89. The molecule has 118 valence electrons. The van der Waals surface area contributed by atoms with Gasteiger partial charge in [0, 0.05) is 0 Å². The SMILES string of the molecule is SC(c1ccccc1)c1ccccc1.c1ccc2ccccc2c1. The third kappa shape index (κ3) is 4.27. The minimum Gasteiger partial charge on any atom is -0.166 e. The number of fused-ring (bicyclic) bond motifs is 1. The van der Waals surface area contributed by atoms with Gasteiger partial charge in [-0.3, -0.25) is 0 Å². The zero-order valence-corrected chi connectivity index (χ0v) is 14.3. The van der Waals surface area contributed by atoms with Crippen LogP contribution in [0.15, 0.2) is 109 Å². The van der Waals surface area contributed by atoms with E-state index in [4.69, 9.17) is 0 Å². The number of thiol groups is 1. The lowest BCUT2D eigenvalue weighted by Gasteiger charge is -2.10. The highest BCUT2D eigenvalue weighted by Gasteiger charge is 2.06. The Morgan fingerprint density at radius 1 is 0.417 bits per heavy atom. The molecule has 0 aliphatic rings. The number of rotatable bonds is 2. The topological polar surface area (TPSA) is 0 Å². The predicted octanol–water partition coefficient (Wildman–Crippen LogP) is 6.55. The standard InChI is InChI=1S/C13H12S.C10H8/c14-13(11-7-3-1-4-8-11)12-9-5-2-6-10-12;1-2-6-10-8-4-3-7-9(10)5-1/h1-10,13-14H;1-8H. The third-order valence-corrected chi connectivity index (χ3v) is 4.49. The molecule has 0 unspecified atom stereocenters. The molecule has 0 fully saturated rings. The second kappa shape index (κ2) is 8.37. The summed E-state index contributed by atoms with van der Waals surface area (Å²) in [5.41, 5.74) is 2.48. The molecule has 4 rings (SSSR count). The fourth-order valence-corrected chi connectivity index (χ4v) is 2.94. The first-order valence-electron chi connectivity index (χ1n) is 8.06. The minimum atomic E-state index is 0.178. The van der Waals surface area contributed by atoms with Crippen LogP contribution < -0.4 is 0 Å². The van der Waals surface area contributed by atoms with Gasteiger partial charge in [0.15, 0.2) is 0 Å². The summed E-state index contributed by atoms with van der Waals surface area (Å²) in [6.45, 7) is 0. The van der Waals surface area contributed by atoms with Crippen LogP contribution in [-0.4, -0.2) is 0 Å². The van der Waals surface area contributed by atoms with Crippen molar-refractivity contribution in [2.45, 2.75) is 5.25 Å². The van der Waals surface area contributed by atoms with E-state index in [0.29, 0.717) is 0 Å². The van der Waals surface area contributed by atoms with Gasteiger partial charge in [-0.25, -0.2) is 0 Å². The van der Waals surface area contributed by atoms with Crippen molar-refractivity contribution in [1.29, 1.82) is 0 Å². The molecule has 0 amide bonds. The Morgan fingerprint density at radius 2 is 0.708 bits per heavy atom. The second-order valence-electron chi connectivity index (χ2n) is 5.57. The molecule has 24 heavy (non-hydrogen) atoms. The summed E-state index contributed by atoms with van der Waals surface area (Å²) in [6, 6.07) is 37.3. The van der Waals surface area contributed by atoms with Crippen LogP contribution in [0, 0.1) is 0 Å².